The molecule has 6 heteroatoms. The Labute approximate surface area is 270 Å². The van der Waals surface area contributed by atoms with Gasteiger partial charge in [-0.25, -0.2) is 4.79 Å². The summed E-state index contributed by atoms with van der Waals surface area (Å²) in [5, 5.41) is 4.61. The van der Waals surface area contributed by atoms with Crippen molar-refractivity contribution in [3.8, 4) is 5.75 Å². The minimum absolute atomic E-state index is 0.170. The average Bonchev–Trinajstić information content (AvgIpc) is 3.47. The van der Waals surface area contributed by atoms with Gasteiger partial charge in [-0.15, -0.1) is 0 Å². The van der Waals surface area contributed by atoms with E-state index in [1.54, 1.807) is 18.4 Å². The molecule has 2 heterocycles. The lowest BCUT2D eigenvalue weighted by Crippen LogP contribution is -2.19. The van der Waals surface area contributed by atoms with Gasteiger partial charge in [-0.05, 0) is 105 Å². The Bertz CT molecular complexity index is 1930. The maximum absolute atomic E-state index is 12.6. The number of anilines is 1. The van der Waals surface area contributed by atoms with E-state index < -0.39 is 5.63 Å². The number of nitrogens with one attached hydrogen (secondary N) is 1. The zero-order valence-electron chi connectivity index (χ0n) is 27.4. The summed E-state index contributed by atoms with van der Waals surface area (Å²) in [7, 11) is 0. The van der Waals surface area contributed by atoms with E-state index in [1.807, 2.05) is 55.5 Å². The molecule has 0 atom stereocenters. The molecule has 0 fully saturated rings. The summed E-state index contributed by atoms with van der Waals surface area (Å²) < 4.78 is 17.1. The lowest BCUT2D eigenvalue weighted by atomic mass is 9.72. The summed E-state index contributed by atoms with van der Waals surface area (Å²) in [5.41, 5.74) is 7.59. The molecule has 1 aliphatic rings. The van der Waals surface area contributed by atoms with Crippen LogP contribution in [0.1, 0.15) is 65.9 Å². The van der Waals surface area contributed by atoms with Crippen LogP contribution in [0.3, 0.4) is 0 Å². The molecule has 238 valence electrons. The molecule has 1 amide bonds. The molecule has 5 rings (SSSR count). The van der Waals surface area contributed by atoms with Crippen molar-refractivity contribution in [3.63, 3.8) is 0 Å². The summed E-state index contributed by atoms with van der Waals surface area (Å²) in [5.74, 6) is 0.276. The van der Waals surface area contributed by atoms with Crippen LogP contribution in [0, 0.1) is 5.41 Å². The van der Waals surface area contributed by atoms with E-state index in [4.69, 9.17) is 13.6 Å². The predicted molar refractivity (Wildman–Crippen MR) is 187 cm³/mol. The Hall–Kier alpha value is -4.84. The van der Waals surface area contributed by atoms with Crippen LogP contribution in [0.2, 0.25) is 0 Å². The van der Waals surface area contributed by atoms with E-state index in [2.05, 4.69) is 51.2 Å². The first-order valence-corrected chi connectivity index (χ1v) is 16.0. The number of rotatable bonds is 11. The van der Waals surface area contributed by atoms with Crippen LogP contribution in [-0.2, 0) is 11.2 Å². The lowest BCUT2D eigenvalue weighted by Gasteiger charge is -2.32. The molecule has 0 saturated carbocycles. The number of allylic oxidation sites excluding steroid dienone is 9. The van der Waals surface area contributed by atoms with Crippen LogP contribution in [0.5, 0.6) is 5.75 Å². The Kier molecular flexibility index (Phi) is 10.3. The molecule has 46 heavy (non-hydrogen) atoms. The molecule has 2 aromatic heterocycles. The number of carbonyl (C=O) groups is 1. The van der Waals surface area contributed by atoms with Crippen LogP contribution in [0.15, 0.2) is 127 Å². The molecule has 0 radical (unpaired) electrons. The van der Waals surface area contributed by atoms with Crippen molar-refractivity contribution in [2.45, 2.75) is 66.7 Å². The van der Waals surface area contributed by atoms with Gasteiger partial charge in [0.15, 0.2) is 11.2 Å². The lowest BCUT2D eigenvalue weighted by molar-refractivity contribution is -0.111. The first-order chi connectivity index (χ1) is 22.1. The fourth-order valence-corrected chi connectivity index (χ4v) is 6.01. The van der Waals surface area contributed by atoms with E-state index in [9.17, 15) is 9.59 Å². The average molecular weight is 618 g/mol. The molecule has 2 aromatic carbocycles. The van der Waals surface area contributed by atoms with Crippen LogP contribution in [0.4, 0.5) is 5.69 Å². The third-order valence-electron chi connectivity index (χ3n) is 8.49. The molecule has 0 saturated heterocycles. The zero-order chi connectivity index (χ0) is 32.7. The van der Waals surface area contributed by atoms with Gasteiger partial charge in [0.2, 0.25) is 11.7 Å². The van der Waals surface area contributed by atoms with Crippen molar-refractivity contribution in [2.24, 2.45) is 5.41 Å². The van der Waals surface area contributed by atoms with Crippen LogP contribution in [0.25, 0.3) is 21.9 Å². The van der Waals surface area contributed by atoms with Gasteiger partial charge in [-0.3, -0.25) is 4.79 Å². The Morgan fingerprint density at radius 1 is 1.00 bits per heavy atom. The van der Waals surface area contributed by atoms with E-state index >= 15 is 0 Å². The molecule has 1 N–H and O–H groups in total. The highest BCUT2D eigenvalue weighted by Gasteiger charge is 2.26. The zero-order valence-corrected chi connectivity index (χ0v) is 27.4. The first kappa shape index (κ1) is 32.6. The molecule has 4 aromatic rings. The standard InChI is InChI=1S/C40H43NO5/c1-27(13-19-34-29(3)11-7-22-40(34,4)5)9-6-10-28(2)25-35(42)41-33-17-14-30(15-18-33)12-8-23-44-39-37-32(21-24-45-37)26-31-16-20-36(43)46-38(31)39/h6,9-10,13-21,24-26H,7-8,11-12,22-23H2,1-5H3,(H,41,42). The third kappa shape index (κ3) is 8.25. The number of amides is 1. The Morgan fingerprint density at radius 2 is 1.78 bits per heavy atom. The van der Waals surface area contributed by atoms with Gasteiger partial charge in [0.05, 0.1) is 12.9 Å². The van der Waals surface area contributed by atoms with Gasteiger partial charge in [0.1, 0.15) is 0 Å². The second-order valence-corrected chi connectivity index (χ2v) is 12.8. The molecule has 0 aliphatic heterocycles. The SMILES string of the molecule is CC(C=CC1=C(C)CCCC1(C)C)=CC=CC(C)=CC(=O)Nc1ccc(CCCOc2c3occc3cc3ccc(=O)oc23)cc1. The van der Waals surface area contributed by atoms with Crippen molar-refractivity contribution in [1.82, 2.24) is 0 Å². The quantitative estimate of drug-likeness (QED) is 0.0784. The molecule has 0 spiro atoms. The fraction of sp³-hybridized carbons (Fsp3) is 0.300. The summed E-state index contributed by atoms with van der Waals surface area (Å²) in [6, 6.07) is 14.7. The van der Waals surface area contributed by atoms with Gasteiger partial charge in [0, 0.05) is 28.6 Å². The van der Waals surface area contributed by atoms with Crippen molar-refractivity contribution in [3.05, 3.63) is 130 Å². The smallest absolute Gasteiger partial charge is 0.336 e. The molecular formula is C40H43NO5. The van der Waals surface area contributed by atoms with Crippen LogP contribution >= 0.6 is 0 Å². The number of ether oxygens (including phenoxy) is 1. The van der Waals surface area contributed by atoms with Gasteiger partial charge < -0.3 is 18.9 Å². The van der Waals surface area contributed by atoms with Gasteiger partial charge in [-0.1, -0.05) is 67.5 Å². The first-order valence-electron chi connectivity index (χ1n) is 16.0. The van der Waals surface area contributed by atoms with E-state index in [0.717, 1.165) is 40.4 Å². The van der Waals surface area contributed by atoms with Gasteiger partial charge in [-0.2, -0.15) is 0 Å². The van der Waals surface area contributed by atoms with Crippen LogP contribution in [-0.4, -0.2) is 12.5 Å². The third-order valence-corrected chi connectivity index (χ3v) is 8.49. The maximum atomic E-state index is 12.6. The number of furan rings is 1. The number of aryl methyl sites for hydroxylation is 1. The van der Waals surface area contributed by atoms with Crippen LogP contribution < -0.4 is 15.7 Å². The second-order valence-electron chi connectivity index (χ2n) is 12.8. The highest BCUT2D eigenvalue weighted by atomic mass is 16.5. The number of benzene rings is 2. The number of hydrogen-bond donors (Lipinski definition) is 1. The number of fused-ring (bicyclic) bond motifs is 2. The van der Waals surface area contributed by atoms with Crippen molar-refractivity contribution in [2.75, 3.05) is 11.9 Å². The van der Waals surface area contributed by atoms with E-state index in [-0.39, 0.29) is 11.3 Å². The highest BCUT2D eigenvalue weighted by molar-refractivity contribution is 6.00. The number of carbonyl (C=O) groups excluding carboxylic acids is 1. The Morgan fingerprint density at radius 3 is 2.57 bits per heavy atom. The predicted octanol–water partition coefficient (Wildman–Crippen LogP) is 10.0. The molecule has 0 unspecified atom stereocenters. The van der Waals surface area contributed by atoms with Crippen molar-refractivity contribution >= 4 is 33.5 Å². The summed E-state index contributed by atoms with van der Waals surface area (Å²) >= 11 is 0. The van der Waals surface area contributed by atoms with Crippen molar-refractivity contribution < 1.29 is 18.4 Å². The Balaban J connectivity index is 1.10. The molecule has 1 aliphatic carbocycles. The summed E-state index contributed by atoms with van der Waals surface area (Å²) in [4.78, 5) is 24.4. The van der Waals surface area contributed by atoms with E-state index in [1.165, 1.54) is 42.0 Å². The second kappa shape index (κ2) is 14.5. The maximum Gasteiger partial charge on any atom is 0.336 e. The summed E-state index contributed by atoms with van der Waals surface area (Å²) in [6.07, 6.45) is 18.9. The number of hydrogen-bond acceptors (Lipinski definition) is 5. The largest absolute Gasteiger partial charge is 0.486 e. The normalized spacial score (nSPS) is 15.8. The van der Waals surface area contributed by atoms with E-state index in [0.29, 0.717) is 23.5 Å². The summed E-state index contributed by atoms with van der Waals surface area (Å²) in [6.45, 7) is 11.3. The minimum atomic E-state index is -0.435. The monoisotopic (exact) mass is 617 g/mol. The van der Waals surface area contributed by atoms with Gasteiger partial charge >= 0.3 is 5.63 Å². The molecular weight excluding hydrogens is 574 g/mol. The minimum Gasteiger partial charge on any atom is -0.486 e. The molecule has 6 nitrogen and oxygen atoms in total. The fourth-order valence-electron chi connectivity index (χ4n) is 6.01. The highest BCUT2D eigenvalue weighted by Crippen LogP contribution is 2.41. The molecule has 0 bridgehead atoms. The topological polar surface area (TPSA) is 81.7 Å². The van der Waals surface area contributed by atoms with Crippen molar-refractivity contribution in [1.29, 1.82) is 0 Å². The van der Waals surface area contributed by atoms with Gasteiger partial charge in [0.25, 0.3) is 0 Å².